The molecular formula is C26H21N5O2. The van der Waals surface area contributed by atoms with E-state index in [2.05, 4.69) is 22.0 Å². The van der Waals surface area contributed by atoms with Crippen LogP contribution in [-0.2, 0) is 11.3 Å². The number of benzene rings is 2. The van der Waals surface area contributed by atoms with E-state index < -0.39 is 0 Å². The van der Waals surface area contributed by atoms with Crippen molar-refractivity contribution in [1.29, 1.82) is 10.5 Å². The van der Waals surface area contributed by atoms with E-state index in [9.17, 15) is 4.79 Å². The van der Waals surface area contributed by atoms with Gasteiger partial charge < -0.3 is 9.64 Å². The summed E-state index contributed by atoms with van der Waals surface area (Å²) in [5, 5.41) is 18.0. The topological polar surface area (TPSA) is 93.3 Å². The maximum atomic E-state index is 13.3. The maximum absolute atomic E-state index is 13.3. The van der Waals surface area contributed by atoms with Crippen LogP contribution in [0.1, 0.15) is 16.7 Å². The first-order valence-electron chi connectivity index (χ1n) is 10.8. The first-order chi connectivity index (χ1) is 16.2. The fourth-order valence-corrected chi connectivity index (χ4v) is 4.32. The predicted octanol–water partition coefficient (Wildman–Crippen LogP) is 3.35. The predicted molar refractivity (Wildman–Crippen MR) is 122 cm³/mol. The normalized spacial score (nSPS) is 15.5. The number of anilines is 1. The molecule has 7 nitrogen and oxygen atoms in total. The van der Waals surface area contributed by atoms with Crippen LogP contribution in [0.3, 0.4) is 0 Å². The molecule has 5 rings (SSSR count). The van der Waals surface area contributed by atoms with Crippen LogP contribution in [0.4, 0.5) is 5.69 Å². The van der Waals surface area contributed by atoms with Crippen molar-refractivity contribution >= 4 is 11.6 Å². The van der Waals surface area contributed by atoms with E-state index in [0.29, 0.717) is 48.8 Å². The molecule has 0 atom stereocenters. The molecule has 1 fully saturated rings. The van der Waals surface area contributed by atoms with E-state index in [0.717, 1.165) is 23.2 Å². The zero-order valence-corrected chi connectivity index (χ0v) is 17.9. The molecule has 1 saturated heterocycles. The Morgan fingerprint density at radius 3 is 2.33 bits per heavy atom. The van der Waals surface area contributed by atoms with Gasteiger partial charge in [0.2, 0.25) is 5.91 Å². The Kier molecular flexibility index (Phi) is 5.48. The Morgan fingerprint density at radius 1 is 1.00 bits per heavy atom. The van der Waals surface area contributed by atoms with Gasteiger partial charge >= 0.3 is 0 Å². The van der Waals surface area contributed by atoms with Gasteiger partial charge in [-0.1, -0.05) is 24.3 Å². The second-order valence-corrected chi connectivity index (χ2v) is 8.26. The summed E-state index contributed by atoms with van der Waals surface area (Å²) in [6.45, 7) is 3.09. The summed E-state index contributed by atoms with van der Waals surface area (Å²) < 4.78 is 5.96. The lowest BCUT2D eigenvalue weighted by Crippen LogP contribution is -2.55. The number of aromatic nitrogens is 1. The standard InChI is InChI=1S/C26H21N5O2/c27-11-18-1-3-20(4-2-18)15-30-16-22(17-30)26(32)31-9-10-33-25-23(13-29-14-24(25)31)21-7-5-19(12-28)6-8-21/h1-8,13-14,22H,9-10,15-17H2. The molecule has 1 aromatic heterocycles. The van der Waals surface area contributed by atoms with Gasteiger partial charge in [0.05, 0.1) is 41.9 Å². The number of nitrogens with zero attached hydrogens (tertiary/aromatic N) is 5. The van der Waals surface area contributed by atoms with Crippen LogP contribution in [0.25, 0.3) is 11.1 Å². The lowest BCUT2D eigenvalue weighted by atomic mass is 9.96. The zero-order chi connectivity index (χ0) is 22.8. The van der Waals surface area contributed by atoms with Crippen LogP contribution in [0.5, 0.6) is 5.75 Å². The number of hydrogen-bond acceptors (Lipinski definition) is 6. The van der Waals surface area contributed by atoms with Gasteiger partial charge in [0.15, 0.2) is 5.75 Å². The molecule has 0 aliphatic carbocycles. The van der Waals surface area contributed by atoms with Crippen molar-refractivity contribution in [2.24, 2.45) is 5.92 Å². The van der Waals surface area contributed by atoms with Crippen molar-refractivity contribution in [3.63, 3.8) is 0 Å². The summed E-state index contributed by atoms with van der Waals surface area (Å²) >= 11 is 0. The van der Waals surface area contributed by atoms with E-state index in [-0.39, 0.29) is 11.8 Å². The lowest BCUT2D eigenvalue weighted by Gasteiger charge is -2.41. The Labute approximate surface area is 192 Å². The van der Waals surface area contributed by atoms with Crippen LogP contribution in [-0.4, -0.2) is 42.0 Å². The minimum absolute atomic E-state index is 0.0621. The van der Waals surface area contributed by atoms with Gasteiger partial charge in [-0.05, 0) is 35.4 Å². The van der Waals surface area contributed by atoms with Crippen LogP contribution in [0.2, 0.25) is 0 Å². The van der Waals surface area contributed by atoms with Crippen molar-refractivity contribution in [3.8, 4) is 29.0 Å². The monoisotopic (exact) mass is 435 g/mol. The number of hydrogen-bond donors (Lipinski definition) is 0. The zero-order valence-electron chi connectivity index (χ0n) is 17.9. The lowest BCUT2D eigenvalue weighted by molar-refractivity contribution is -0.128. The van der Waals surface area contributed by atoms with Crippen molar-refractivity contribution in [2.75, 3.05) is 31.1 Å². The van der Waals surface area contributed by atoms with Crippen LogP contribution in [0.15, 0.2) is 60.9 Å². The van der Waals surface area contributed by atoms with Gasteiger partial charge in [0, 0.05) is 31.4 Å². The number of carbonyl (C=O) groups is 1. The third-order valence-electron chi connectivity index (χ3n) is 6.12. The van der Waals surface area contributed by atoms with E-state index in [1.807, 2.05) is 36.4 Å². The minimum Gasteiger partial charge on any atom is -0.489 e. The smallest absolute Gasteiger partial charge is 0.232 e. The van der Waals surface area contributed by atoms with E-state index >= 15 is 0 Å². The molecule has 0 radical (unpaired) electrons. The molecule has 33 heavy (non-hydrogen) atoms. The van der Waals surface area contributed by atoms with Gasteiger partial charge in [-0.3, -0.25) is 14.7 Å². The van der Waals surface area contributed by atoms with E-state index in [1.165, 1.54) is 0 Å². The molecule has 1 amide bonds. The largest absolute Gasteiger partial charge is 0.489 e. The highest BCUT2D eigenvalue weighted by Gasteiger charge is 2.38. The molecular weight excluding hydrogens is 414 g/mol. The molecule has 0 saturated carbocycles. The summed E-state index contributed by atoms with van der Waals surface area (Å²) in [6.07, 6.45) is 3.42. The minimum atomic E-state index is -0.0621. The van der Waals surface area contributed by atoms with E-state index in [4.69, 9.17) is 15.3 Å². The van der Waals surface area contributed by atoms with Crippen molar-refractivity contribution in [2.45, 2.75) is 6.54 Å². The number of ether oxygens (including phenoxy) is 1. The van der Waals surface area contributed by atoms with Crippen molar-refractivity contribution in [1.82, 2.24) is 9.88 Å². The molecule has 162 valence electrons. The first kappa shape index (κ1) is 20.7. The number of nitriles is 2. The number of amides is 1. The van der Waals surface area contributed by atoms with Crippen molar-refractivity contribution in [3.05, 3.63) is 77.6 Å². The molecule has 0 bridgehead atoms. The summed E-state index contributed by atoms with van der Waals surface area (Å²) in [5.41, 5.74) is 4.77. The Hall–Kier alpha value is -4.20. The highest BCUT2D eigenvalue weighted by molar-refractivity contribution is 5.99. The van der Waals surface area contributed by atoms with Gasteiger partial charge in [0.25, 0.3) is 0 Å². The third kappa shape index (κ3) is 4.03. The molecule has 7 heteroatoms. The number of carbonyl (C=O) groups excluding carboxylic acids is 1. The molecule has 0 spiro atoms. The summed E-state index contributed by atoms with van der Waals surface area (Å²) in [7, 11) is 0. The summed E-state index contributed by atoms with van der Waals surface area (Å²) in [4.78, 5) is 21.7. The van der Waals surface area contributed by atoms with Crippen LogP contribution in [0, 0.1) is 28.6 Å². The average molecular weight is 435 g/mol. The Balaban J connectivity index is 1.29. The first-order valence-corrected chi connectivity index (χ1v) is 10.8. The number of pyridine rings is 1. The van der Waals surface area contributed by atoms with Gasteiger partial charge in [0.1, 0.15) is 12.3 Å². The summed E-state index contributed by atoms with van der Waals surface area (Å²) in [6, 6.07) is 19.1. The fraction of sp³-hybridized carbons (Fsp3) is 0.231. The van der Waals surface area contributed by atoms with E-state index in [1.54, 1.807) is 29.4 Å². The molecule has 2 aliphatic heterocycles. The molecule has 0 unspecified atom stereocenters. The number of fused-ring (bicyclic) bond motifs is 1. The maximum Gasteiger partial charge on any atom is 0.232 e. The third-order valence-corrected chi connectivity index (χ3v) is 6.12. The second-order valence-electron chi connectivity index (χ2n) is 8.26. The number of rotatable bonds is 4. The summed E-state index contributed by atoms with van der Waals surface area (Å²) in [5.74, 6) is 0.686. The quantitative estimate of drug-likeness (QED) is 0.624. The van der Waals surface area contributed by atoms with Crippen LogP contribution >= 0.6 is 0 Å². The molecule has 2 aliphatic rings. The van der Waals surface area contributed by atoms with Gasteiger partial charge in [-0.25, -0.2) is 0 Å². The Morgan fingerprint density at radius 2 is 1.67 bits per heavy atom. The molecule has 3 aromatic rings. The second kappa shape index (κ2) is 8.74. The molecule has 0 N–H and O–H groups in total. The fourth-order valence-electron chi connectivity index (χ4n) is 4.32. The average Bonchev–Trinajstić information content (AvgIpc) is 2.85. The highest BCUT2D eigenvalue weighted by atomic mass is 16.5. The SMILES string of the molecule is N#Cc1ccc(CN2CC(C(=O)N3CCOc4c(-c5ccc(C#N)cc5)cncc43)C2)cc1. The number of likely N-dealkylation sites (tertiary alicyclic amines) is 1. The Bertz CT molecular complexity index is 1270. The highest BCUT2D eigenvalue weighted by Crippen LogP contribution is 2.40. The van der Waals surface area contributed by atoms with Gasteiger partial charge in [-0.15, -0.1) is 0 Å². The molecule has 2 aromatic carbocycles. The van der Waals surface area contributed by atoms with Crippen molar-refractivity contribution < 1.29 is 9.53 Å². The molecule has 3 heterocycles. The van der Waals surface area contributed by atoms with Crippen LogP contribution < -0.4 is 9.64 Å². The van der Waals surface area contributed by atoms with Gasteiger partial charge in [-0.2, -0.15) is 10.5 Å².